The normalized spacial score (nSPS) is 10.0. The van der Waals surface area contributed by atoms with E-state index in [1.165, 1.54) is 6.07 Å². The molecule has 3 amide bonds. The summed E-state index contributed by atoms with van der Waals surface area (Å²) < 4.78 is 13.5. The molecule has 0 atom stereocenters. The van der Waals surface area contributed by atoms with Crippen molar-refractivity contribution in [3.8, 4) is 0 Å². The van der Waals surface area contributed by atoms with E-state index in [1.54, 1.807) is 50.4 Å². The van der Waals surface area contributed by atoms with Crippen molar-refractivity contribution in [3.63, 3.8) is 0 Å². The van der Waals surface area contributed by atoms with Crippen LogP contribution in [0.15, 0.2) is 42.5 Å². The summed E-state index contributed by atoms with van der Waals surface area (Å²) in [5, 5.41) is 7.80. The average Bonchev–Trinajstić information content (AvgIpc) is 2.55. The highest BCUT2D eigenvalue weighted by atomic mass is 19.1. The molecule has 0 aromatic heterocycles. The third kappa shape index (κ3) is 4.06. The molecule has 0 aliphatic heterocycles. The summed E-state index contributed by atoms with van der Waals surface area (Å²) >= 11 is 0. The summed E-state index contributed by atoms with van der Waals surface area (Å²) in [6, 6.07) is 10.8. The molecule has 3 N–H and O–H groups in total. The second-order valence-electron chi connectivity index (χ2n) is 4.96. The number of hydrogen-bond donors (Lipinski definition) is 3. The molecule has 0 saturated carbocycles. The van der Waals surface area contributed by atoms with Crippen LogP contribution in [0.25, 0.3) is 0 Å². The highest BCUT2D eigenvalue weighted by molar-refractivity contribution is 5.98. The van der Waals surface area contributed by atoms with E-state index in [0.29, 0.717) is 22.4 Å². The SMILES string of the molecule is CNC(=O)c1cccc(NC(=O)NCc2ccccc2F)c1C. The van der Waals surface area contributed by atoms with E-state index >= 15 is 0 Å². The number of urea groups is 1. The molecule has 6 heteroatoms. The van der Waals surface area contributed by atoms with Crippen molar-refractivity contribution >= 4 is 17.6 Å². The topological polar surface area (TPSA) is 70.2 Å². The highest BCUT2D eigenvalue weighted by Crippen LogP contribution is 2.18. The summed E-state index contributed by atoms with van der Waals surface area (Å²) in [7, 11) is 1.54. The zero-order valence-corrected chi connectivity index (χ0v) is 12.9. The van der Waals surface area contributed by atoms with Gasteiger partial charge >= 0.3 is 6.03 Å². The fourth-order valence-corrected chi connectivity index (χ4v) is 2.14. The monoisotopic (exact) mass is 315 g/mol. The van der Waals surface area contributed by atoms with Gasteiger partial charge in [0, 0.05) is 30.4 Å². The molecule has 0 heterocycles. The molecule has 0 radical (unpaired) electrons. The smallest absolute Gasteiger partial charge is 0.319 e. The van der Waals surface area contributed by atoms with Gasteiger partial charge in [0.2, 0.25) is 0 Å². The number of benzene rings is 2. The van der Waals surface area contributed by atoms with Gasteiger partial charge in [-0.25, -0.2) is 9.18 Å². The predicted octanol–water partition coefficient (Wildman–Crippen LogP) is 2.82. The molecule has 0 unspecified atom stereocenters. The van der Waals surface area contributed by atoms with Gasteiger partial charge in [-0.1, -0.05) is 24.3 Å². The van der Waals surface area contributed by atoms with Crippen LogP contribution >= 0.6 is 0 Å². The number of carbonyl (C=O) groups is 2. The molecule has 5 nitrogen and oxygen atoms in total. The van der Waals surface area contributed by atoms with Crippen molar-refractivity contribution in [1.29, 1.82) is 0 Å². The molecule has 0 spiro atoms. The fourth-order valence-electron chi connectivity index (χ4n) is 2.14. The lowest BCUT2D eigenvalue weighted by molar-refractivity contribution is 0.0962. The minimum atomic E-state index is -0.467. The third-order valence-electron chi connectivity index (χ3n) is 3.45. The van der Waals surface area contributed by atoms with Gasteiger partial charge in [0.15, 0.2) is 0 Å². The lowest BCUT2D eigenvalue weighted by Crippen LogP contribution is -2.29. The molecule has 0 aliphatic carbocycles. The molecule has 2 aromatic rings. The van der Waals surface area contributed by atoms with Gasteiger partial charge in [-0.05, 0) is 30.7 Å². The molecule has 120 valence electrons. The average molecular weight is 315 g/mol. The first-order valence-electron chi connectivity index (χ1n) is 7.13. The second-order valence-corrected chi connectivity index (χ2v) is 4.96. The van der Waals surface area contributed by atoms with Gasteiger partial charge in [0.25, 0.3) is 5.91 Å². The van der Waals surface area contributed by atoms with E-state index in [0.717, 1.165) is 0 Å². The Morgan fingerprint density at radius 3 is 2.52 bits per heavy atom. The summed E-state index contributed by atoms with van der Waals surface area (Å²) in [6.07, 6.45) is 0. The quantitative estimate of drug-likeness (QED) is 0.812. The van der Waals surface area contributed by atoms with Gasteiger partial charge in [-0.15, -0.1) is 0 Å². The first kappa shape index (κ1) is 16.5. The highest BCUT2D eigenvalue weighted by Gasteiger charge is 2.12. The minimum absolute atomic E-state index is 0.0761. The molecule has 0 bridgehead atoms. The van der Waals surface area contributed by atoms with E-state index < -0.39 is 6.03 Å². The van der Waals surface area contributed by atoms with Crippen LogP contribution in [0, 0.1) is 12.7 Å². The van der Waals surface area contributed by atoms with Crippen LogP contribution in [0.3, 0.4) is 0 Å². The molecule has 0 saturated heterocycles. The van der Waals surface area contributed by atoms with Crippen molar-refractivity contribution in [1.82, 2.24) is 10.6 Å². The van der Waals surface area contributed by atoms with Crippen molar-refractivity contribution in [3.05, 3.63) is 65.0 Å². The number of carbonyl (C=O) groups excluding carboxylic acids is 2. The van der Waals surface area contributed by atoms with Crippen LogP contribution in [-0.2, 0) is 6.54 Å². The van der Waals surface area contributed by atoms with Crippen LogP contribution in [0.5, 0.6) is 0 Å². The number of anilines is 1. The third-order valence-corrected chi connectivity index (χ3v) is 3.45. The van der Waals surface area contributed by atoms with Crippen molar-refractivity contribution in [2.24, 2.45) is 0 Å². The Morgan fingerprint density at radius 1 is 1.09 bits per heavy atom. The van der Waals surface area contributed by atoms with Crippen LogP contribution in [0.2, 0.25) is 0 Å². The predicted molar refractivity (Wildman–Crippen MR) is 86.8 cm³/mol. The van der Waals surface area contributed by atoms with E-state index in [1.807, 2.05) is 0 Å². The maximum absolute atomic E-state index is 13.5. The molecule has 23 heavy (non-hydrogen) atoms. The fraction of sp³-hybridized carbons (Fsp3) is 0.176. The summed E-state index contributed by atoms with van der Waals surface area (Å²) in [4.78, 5) is 23.7. The zero-order valence-electron chi connectivity index (χ0n) is 12.9. The number of amides is 3. The Hall–Kier alpha value is -2.89. The van der Waals surface area contributed by atoms with E-state index in [-0.39, 0.29) is 18.3 Å². The number of hydrogen-bond acceptors (Lipinski definition) is 2. The van der Waals surface area contributed by atoms with Crippen molar-refractivity contribution < 1.29 is 14.0 Å². The maximum Gasteiger partial charge on any atom is 0.319 e. The first-order chi connectivity index (χ1) is 11.0. The Balaban J connectivity index is 2.03. The number of nitrogens with one attached hydrogen (secondary N) is 3. The number of halogens is 1. The Labute approximate surface area is 133 Å². The molecule has 0 aliphatic rings. The van der Waals surface area contributed by atoms with Crippen molar-refractivity contribution in [2.45, 2.75) is 13.5 Å². The molecular formula is C17H18FN3O2. The molecule has 0 fully saturated rings. The van der Waals surface area contributed by atoms with E-state index in [9.17, 15) is 14.0 Å². The van der Waals surface area contributed by atoms with E-state index in [2.05, 4.69) is 16.0 Å². The van der Waals surface area contributed by atoms with Gasteiger partial charge in [0.1, 0.15) is 5.82 Å². The summed E-state index contributed by atoms with van der Waals surface area (Å²) in [5.74, 6) is -0.594. The Kier molecular flexibility index (Phi) is 5.30. The molecule has 2 aromatic carbocycles. The van der Waals surface area contributed by atoms with E-state index in [4.69, 9.17) is 0 Å². The van der Waals surface area contributed by atoms with Crippen LogP contribution < -0.4 is 16.0 Å². The Bertz CT molecular complexity index is 732. The molecular weight excluding hydrogens is 297 g/mol. The van der Waals surface area contributed by atoms with Crippen molar-refractivity contribution in [2.75, 3.05) is 12.4 Å². The first-order valence-corrected chi connectivity index (χ1v) is 7.13. The lowest BCUT2D eigenvalue weighted by atomic mass is 10.1. The van der Waals surface area contributed by atoms with Gasteiger partial charge in [0.05, 0.1) is 0 Å². The van der Waals surface area contributed by atoms with Gasteiger partial charge in [-0.3, -0.25) is 4.79 Å². The molecule has 2 rings (SSSR count). The standard InChI is InChI=1S/C17H18FN3O2/c1-11-13(16(22)19-2)7-5-9-15(11)21-17(23)20-10-12-6-3-4-8-14(12)18/h3-9H,10H2,1-2H3,(H,19,22)(H2,20,21,23). The van der Waals surface area contributed by atoms with Gasteiger partial charge in [-0.2, -0.15) is 0 Å². The second kappa shape index (κ2) is 7.40. The van der Waals surface area contributed by atoms with Crippen LogP contribution in [-0.4, -0.2) is 19.0 Å². The number of rotatable bonds is 4. The maximum atomic E-state index is 13.5. The largest absolute Gasteiger partial charge is 0.355 e. The summed E-state index contributed by atoms with van der Waals surface area (Å²) in [5.41, 5.74) is 2.07. The minimum Gasteiger partial charge on any atom is -0.355 e. The summed E-state index contributed by atoms with van der Waals surface area (Å²) in [6.45, 7) is 1.82. The Morgan fingerprint density at radius 2 is 1.83 bits per heavy atom. The van der Waals surface area contributed by atoms with Crippen LogP contribution in [0.4, 0.5) is 14.9 Å². The zero-order chi connectivity index (χ0) is 16.8. The van der Waals surface area contributed by atoms with Crippen LogP contribution in [0.1, 0.15) is 21.5 Å². The lowest BCUT2D eigenvalue weighted by Gasteiger charge is -2.12. The van der Waals surface area contributed by atoms with Gasteiger partial charge < -0.3 is 16.0 Å².